The number of hydrogen-bond acceptors (Lipinski definition) is 3. The lowest BCUT2D eigenvalue weighted by molar-refractivity contribution is 0.391. The van der Waals surface area contributed by atoms with Crippen molar-refractivity contribution in [2.45, 2.75) is 13.5 Å². The summed E-state index contributed by atoms with van der Waals surface area (Å²) in [7, 11) is 3.32. The van der Waals surface area contributed by atoms with E-state index in [0.717, 1.165) is 27.2 Å². The van der Waals surface area contributed by atoms with Crippen LogP contribution in [0.1, 0.15) is 11.1 Å². The van der Waals surface area contributed by atoms with E-state index >= 15 is 0 Å². The van der Waals surface area contributed by atoms with Gasteiger partial charge in [-0.25, -0.2) is 0 Å². The number of rotatable bonds is 5. The molecule has 0 heterocycles. The van der Waals surface area contributed by atoms with E-state index in [9.17, 15) is 0 Å². The second-order valence-electron chi connectivity index (χ2n) is 4.47. The Balaban J connectivity index is 2.16. The third-order valence-electron chi connectivity index (χ3n) is 3.16. The summed E-state index contributed by atoms with van der Waals surface area (Å²) in [5.74, 6) is 1.61. The fraction of sp³-hybridized carbons (Fsp3) is 0.250. The molecule has 0 atom stereocenters. The summed E-state index contributed by atoms with van der Waals surface area (Å²) in [4.78, 5) is 0. The first-order valence-electron chi connectivity index (χ1n) is 6.35. The molecule has 1 N–H and O–H groups in total. The van der Waals surface area contributed by atoms with Crippen molar-refractivity contribution in [3.63, 3.8) is 0 Å². The maximum Gasteiger partial charge on any atom is 0.127 e. The summed E-state index contributed by atoms with van der Waals surface area (Å²) in [5.41, 5.74) is 3.36. The average molecular weight is 336 g/mol. The highest BCUT2D eigenvalue weighted by Crippen LogP contribution is 2.28. The van der Waals surface area contributed by atoms with E-state index in [2.05, 4.69) is 34.2 Å². The molecule has 0 aromatic heterocycles. The maximum absolute atomic E-state index is 5.40. The van der Waals surface area contributed by atoms with Crippen molar-refractivity contribution in [1.29, 1.82) is 0 Å². The summed E-state index contributed by atoms with van der Waals surface area (Å²) in [6.07, 6.45) is 0. The third-order valence-corrected chi connectivity index (χ3v) is 4.21. The molecule has 2 rings (SSSR count). The molecule has 2 aromatic carbocycles. The first-order chi connectivity index (χ1) is 9.65. The van der Waals surface area contributed by atoms with Crippen LogP contribution >= 0.6 is 15.9 Å². The Bertz CT molecular complexity index is 599. The van der Waals surface area contributed by atoms with Gasteiger partial charge in [-0.05, 0) is 46.6 Å². The zero-order chi connectivity index (χ0) is 14.5. The molecule has 0 spiro atoms. The van der Waals surface area contributed by atoms with Gasteiger partial charge in [0.2, 0.25) is 0 Å². The van der Waals surface area contributed by atoms with Crippen LogP contribution in [-0.4, -0.2) is 14.2 Å². The van der Waals surface area contributed by atoms with Gasteiger partial charge in [0.15, 0.2) is 0 Å². The number of ether oxygens (including phenoxy) is 2. The Kier molecular flexibility index (Phi) is 4.90. The summed E-state index contributed by atoms with van der Waals surface area (Å²) < 4.78 is 11.7. The number of benzene rings is 2. The van der Waals surface area contributed by atoms with Gasteiger partial charge in [-0.3, -0.25) is 0 Å². The Morgan fingerprint density at radius 1 is 1.10 bits per heavy atom. The lowest BCUT2D eigenvalue weighted by atomic mass is 10.1. The molecule has 20 heavy (non-hydrogen) atoms. The minimum absolute atomic E-state index is 0.690. The molecular weight excluding hydrogens is 318 g/mol. The van der Waals surface area contributed by atoms with E-state index in [1.165, 1.54) is 5.56 Å². The molecule has 0 fully saturated rings. The number of hydrogen-bond donors (Lipinski definition) is 1. The highest BCUT2D eigenvalue weighted by atomic mass is 79.9. The lowest BCUT2D eigenvalue weighted by Crippen LogP contribution is -2.03. The molecule has 0 saturated carbocycles. The van der Waals surface area contributed by atoms with Crippen LogP contribution in [0.5, 0.6) is 11.5 Å². The SMILES string of the molecule is COc1ccc(CNc2cccc(C)c2Br)c(OC)c1. The van der Waals surface area contributed by atoms with Gasteiger partial charge in [0.05, 0.1) is 14.2 Å². The predicted octanol–water partition coefficient (Wildman–Crippen LogP) is 4.39. The van der Waals surface area contributed by atoms with Crippen LogP contribution in [0.15, 0.2) is 40.9 Å². The molecule has 0 radical (unpaired) electrons. The summed E-state index contributed by atoms with van der Waals surface area (Å²) >= 11 is 3.60. The van der Waals surface area contributed by atoms with E-state index in [1.807, 2.05) is 30.3 Å². The zero-order valence-corrected chi connectivity index (χ0v) is 13.5. The van der Waals surface area contributed by atoms with Crippen molar-refractivity contribution in [2.75, 3.05) is 19.5 Å². The van der Waals surface area contributed by atoms with Crippen LogP contribution in [0.25, 0.3) is 0 Å². The highest BCUT2D eigenvalue weighted by molar-refractivity contribution is 9.10. The van der Waals surface area contributed by atoms with Crippen molar-refractivity contribution >= 4 is 21.6 Å². The smallest absolute Gasteiger partial charge is 0.127 e. The van der Waals surface area contributed by atoms with Crippen LogP contribution in [0.3, 0.4) is 0 Å². The van der Waals surface area contributed by atoms with Crippen molar-refractivity contribution in [2.24, 2.45) is 0 Å². The highest BCUT2D eigenvalue weighted by Gasteiger charge is 2.06. The second kappa shape index (κ2) is 6.66. The minimum Gasteiger partial charge on any atom is -0.497 e. The van der Waals surface area contributed by atoms with Crippen LogP contribution in [0, 0.1) is 6.92 Å². The molecule has 0 aliphatic carbocycles. The van der Waals surface area contributed by atoms with Gasteiger partial charge in [0.25, 0.3) is 0 Å². The zero-order valence-electron chi connectivity index (χ0n) is 11.9. The van der Waals surface area contributed by atoms with Crippen molar-refractivity contribution < 1.29 is 9.47 Å². The first-order valence-corrected chi connectivity index (χ1v) is 7.15. The predicted molar refractivity (Wildman–Crippen MR) is 85.8 cm³/mol. The Morgan fingerprint density at radius 3 is 2.60 bits per heavy atom. The standard InChI is InChI=1S/C16H18BrNO2/c1-11-5-4-6-14(16(11)17)18-10-12-7-8-13(19-2)9-15(12)20-3/h4-9,18H,10H2,1-3H3. The van der Waals surface area contributed by atoms with Crippen LogP contribution in [0.4, 0.5) is 5.69 Å². The fourth-order valence-corrected chi connectivity index (χ4v) is 2.38. The van der Waals surface area contributed by atoms with Gasteiger partial charge in [-0.1, -0.05) is 12.1 Å². The fourth-order valence-electron chi connectivity index (χ4n) is 1.97. The Morgan fingerprint density at radius 2 is 1.90 bits per heavy atom. The van der Waals surface area contributed by atoms with Crippen molar-refractivity contribution in [3.05, 3.63) is 52.0 Å². The van der Waals surface area contributed by atoms with Crippen molar-refractivity contribution in [3.8, 4) is 11.5 Å². The van der Waals surface area contributed by atoms with Crippen molar-refractivity contribution in [1.82, 2.24) is 0 Å². The largest absolute Gasteiger partial charge is 0.497 e. The van der Waals surface area contributed by atoms with E-state index in [0.29, 0.717) is 6.54 Å². The molecule has 0 bridgehead atoms. The third kappa shape index (κ3) is 3.25. The van der Waals surface area contributed by atoms with E-state index in [1.54, 1.807) is 14.2 Å². The lowest BCUT2D eigenvalue weighted by Gasteiger charge is -2.13. The Labute approximate surface area is 128 Å². The summed E-state index contributed by atoms with van der Waals surface area (Å²) in [6.45, 7) is 2.76. The van der Waals surface area contributed by atoms with Crippen LogP contribution < -0.4 is 14.8 Å². The molecule has 0 saturated heterocycles. The first kappa shape index (κ1) is 14.7. The minimum atomic E-state index is 0.690. The number of methoxy groups -OCH3 is 2. The van der Waals surface area contributed by atoms with Gasteiger partial charge >= 0.3 is 0 Å². The Hall–Kier alpha value is -1.68. The molecule has 2 aromatic rings. The number of anilines is 1. The van der Waals surface area contributed by atoms with Gasteiger partial charge in [0, 0.05) is 28.3 Å². The molecule has 0 aliphatic rings. The number of nitrogens with one attached hydrogen (secondary N) is 1. The van der Waals surface area contributed by atoms with Crippen LogP contribution in [0.2, 0.25) is 0 Å². The number of halogens is 1. The second-order valence-corrected chi connectivity index (χ2v) is 5.26. The van der Waals surface area contributed by atoms with Gasteiger partial charge in [-0.15, -0.1) is 0 Å². The summed E-state index contributed by atoms with van der Waals surface area (Å²) in [5, 5.41) is 3.41. The summed E-state index contributed by atoms with van der Waals surface area (Å²) in [6, 6.07) is 12.0. The maximum atomic E-state index is 5.40. The van der Waals surface area contributed by atoms with E-state index in [-0.39, 0.29) is 0 Å². The molecule has 0 unspecified atom stereocenters. The van der Waals surface area contributed by atoms with E-state index < -0.39 is 0 Å². The molecular formula is C16H18BrNO2. The quantitative estimate of drug-likeness (QED) is 0.879. The van der Waals surface area contributed by atoms with Gasteiger partial charge in [0.1, 0.15) is 11.5 Å². The molecule has 4 heteroatoms. The molecule has 0 amide bonds. The molecule has 0 aliphatic heterocycles. The van der Waals surface area contributed by atoms with Crippen LogP contribution in [-0.2, 0) is 6.54 Å². The molecule has 106 valence electrons. The monoisotopic (exact) mass is 335 g/mol. The molecule has 3 nitrogen and oxygen atoms in total. The van der Waals surface area contributed by atoms with Gasteiger partial charge in [-0.2, -0.15) is 0 Å². The number of aryl methyl sites for hydroxylation is 1. The topological polar surface area (TPSA) is 30.5 Å². The van der Waals surface area contributed by atoms with Gasteiger partial charge < -0.3 is 14.8 Å². The van der Waals surface area contributed by atoms with E-state index in [4.69, 9.17) is 9.47 Å². The normalized spacial score (nSPS) is 10.2. The average Bonchev–Trinajstić information content (AvgIpc) is 2.48.